The Bertz CT molecular complexity index is 410. The summed E-state index contributed by atoms with van der Waals surface area (Å²) in [6.07, 6.45) is 3.07. The number of hydrogen-bond acceptors (Lipinski definition) is 3. The van der Waals surface area contributed by atoms with Crippen LogP contribution in [0.15, 0.2) is 12.2 Å². The van der Waals surface area contributed by atoms with Gasteiger partial charge >= 0.3 is 12.0 Å². The van der Waals surface area contributed by atoms with Crippen molar-refractivity contribution in [3.05, 3.63) is 12.2 Å². The molecule has 3 amide bonds. The standard InChI is InChI=1S/C11H14N2O4/c1-7(8(14)15)6-13-9(16)11(12-10(13)17)4-2-3-5-11/h1-6H2,(H,12,17)(H,14,15). The molecule has 17 heavy (non-hydrogen) atoms. The molecule has 1 aliphatic heterocycles. The predicted molar refractivity (Wildman–Crippen MR) is 58.2 cm³/mol. The van der Waals surface area contributed by atoms with E-state index in [1.807, 2.05) is 0 Å². The van der Waals surface area contributed by atoms with Gasteiger partial charge < -0.3 is 10.4 Å². The Morgan fingerprint density at radius 1 is 1.41 bits per heavy atom. The highest BCUT2D eigenvalue weighted by Gasteiger charge is 2.52. The molecule has 1 aliphatic carbocycles. The first-order valence-corrected chi connectivity index (χ1v) is 5.51. The van der Waals surface area contributed by atoms with Gasteiger partial charge in [0.1, 0.15) is 5.54 Å². The van der Waals surface area contributed by atoms with E-state index in [1.54, 1.807) is 0 Å². The van der Waals surface area contributed by atoms with Crippen LogP contribution in [0.4, 0.5) is 4.79 Å². The van der Waals surface area contributed by atoms with Crippen molar-refractivity contribution >= 4 is 17.9 Å². The molecule has 2 aliphatic rings. The number of carboxylic acid groups (broad SMARTS) is 1. The quantitative estimate of drug-likeness (QED) is 0.553. The second-order valence-electron chi connectivity index (χ2n) is 4.52. The van der Waals surface area contributed by atoms with E-state index in [1.165, 1.54) is 0 Å². The Hall–Kier alpha value is -1.85. The number of aliphatic carboxylic acids is 1. The molecule has 1 spiro atoms. The molecule has 2 fully saturated rings. The summed E-state index contributed by atoms with van der Waals surface area (Å²) in [6, 6.07) is -0.515. The molecule has 2 rings (SSSR count). The van der Waals surface area contributed by atoms with Gasteiger partial charge in [0.25, 0.3) is 5.91 Å². The van der Waals surface area contributed by atoms with Crippen LogP contribution in [0.2, 0.25) is 0 Å². The van der Waals surface area contributed by atoms with E-state index >= 15 is 0 Å². The van der Waals surface area contributed by atoms with Crippen LogP contribution in [-0.4, -0.2) is 40.0 Å². The number of imide groups is 1. The summed E-state index contributed by atoms with van der Waals surface area (Å²) < 4.78 is 0. The number of amides is 3. The second kappa shape index (κ2) is 3.87. The van der Waals surface area contributed by atoms with E-state index < -0.39 is 17.5 Å². The summed E-state index contributed by atoms with van der Waals surface area (Å²) in [7, 11) is 0. The van der Waals surface area contributed by atoms with Gasteiger partial charge in [0.15, 0.2) is 0 Å². The zero-order valence-electron chi connectivity index (χ0n) is 9.36. The number of rotatable bonds is 3. The third-order valence-corrected chi connectivity index (χ3v) is 3.35. The summed E-state index contributed by atoms with van der Waals surface area (Å²) in [5.74, 6) is -1.51. The van der Waals surface area contributed by atoms with Gasteiger partial charge in [-0.1, -0.05) is 19.4 Å². The van der Waals surface area contributed by atoms with Crippen molar-refractivity contribution in [2.45, 2.75) is 31.2 Å². The van der Waals surface area contributed by atoms with Crippen LogP contribution in [-0.2, 0) is 9.59 Å². The van der Waals surface area contributed by atoms with Crippen molar-refractivity contribution < 1.29 is 19.5 Å². The molecule has 0 radical (unpaired) electrons. The molecular weight excluding hydrogens is 224 g/mol. The summed E-state index contributed by atoms with van der Waals surface area (Å²) in [5, 5.41) is 11.4. The van der Waals surface area contributed by atoms with Crippen LogP contribution in [0.3, 0.4) is 0 Å². The van der Waals surface area contributed by atoms with Crippen molar-refractivity contribution in [2.24, 2.45) is 0 Å². The molecule has 0 unspecified atom stereocenters. The van der Waals surface area contributed by atoms with Crippen molar-refractivity contribution in [3.63, 3.8) is 0 Å². The van der Waals surface area contributed by atoms with Crippen molar-refractivity contribution in [2.75, 3.05) is 6.54 Å². The molecule has 0 aromatic carbocycles. The van der Waals surface area contributed by atoms with Crippen LogP contribution in [0.25, 0.3) is 0 Å². The average molecular weight is 238 g/mol. The number of nitrogens with one attached hydrogen (secondary N) is 1. The Morgan fingerprint density at radius 2 is 2.00 bits per heavy atom. The normalized spacial score (nSPS) is 22.0. The topological polar surface area (TPSA) is 86.7 Å². The fourth-order valence-electron chi connectivity index (χ4n) is 2.40. The maximum absolute atomic E-state index is 12.1. The number of carbonyl (C=O) groups excluding carboxylic acids is 2. The third-order valence-electron chi connectivity index (χ3n) is 3.35. The molecule has 0 aromatic rings. The molecule has 1 saturated heterocycles. The minimum Gasteiger partial charge on any atom is -0.478 e. The average Bonchev–Trinajstić information content (AvgIpc) is 2.81. The maximum Gasteiger partial charge on any atom is 0.332 e. The SMILES string of the molecule is C=C(CN1C(=O)NC2(CCCC2)C1=O)C(=O)O. The number of hydrogen-bond donors (Lipinski definition) is 2. The Kier molecular flexibility index (Phi) is 2.65. The van der Waals surface area contributed by atoms with Crippen LogP contribution in [0, 0.1) is 0 Å². The molecule has 6 heteroatoms. The van der Waals surface area contributed by atoms with Gasteiger partial charge in [-0.2, -0.15) is 0 Å². The van der Waals surface area contributed by atoms with Crippen LogP contribution < -0.4 is 5.32 Å². The van der Waals surface area contributed by atoms with E-state index in [4.69, 9.17) is 5.11 Å². The monoisotopic (exact) mass is 238 g/mol. The Labute approximate surface area is 98.3 Å². The third kappa shape index (κ3) is 1.79. The van der Waals surface area contributed by atoms with E-state index in [0.717, 1.165) is 17.7 Å². The minimum atomic E-state index is -1.20. The fourth-order valence-corrected chi connectivity index (χ4v) is 2.40. The summed E-state index contributed by atoms with van der Waals surface area (Å²) in [4.78, 5) is 35.4. The lowest BCUT2D eigenvalue weighted by atomic mass is 9.98. The molecule has 0 bridgehead atoms. The van der Waals surface area contributed by atoms with Gasteiger partial charge in [0.05, 0.1) is 6.54 Å². The lowest BCUT2D eigenvalue weighted by Gasteiger charge is -2.19. The van der Waals surface area contributed by atoms with Crippen LogP contribution in [0.1, 0.15) is 25.7 Å². The number of nitrogens with zero attached hydrogens (tertiary/aromatic N) is 1. The maximum atomic E-state index is 12.1. The zero-order chi connectivity index (χ0) is 12.6. The highest BCUT2D eigenvalue weighted by Crippen LogP contribution is 2.35. The van der Waals surface area contributed by atoms with Gasteiger partial charge in [0.2, 0.25) is 0 Å². The summed E-state index contributed by atoms with van der Waals surface area (Å²) in [6.45, 7) is 3.08. The summed E-state index contributed by atoms with van der Waals surface area (Å²) >= 11 is 0. The van der Waals surface area contributed by atoms with Crippen LogP contribution >= 0.6 is 0 Å². The lowest BCUT2D eigenvalue weighted by Crippen LogP contribution is -2.44. The first-order chi connectivity index (χ1) is 7.96. The number of carbonyl (C=O) groups is 3. The molecule has 1 heterocycles. The van der Waals surface area contributed by atoms with E-state index in [-0.39, 0.29) is 18.0 Å². The molecule has 0 aromatic heterocycles. The van der Waals surface area contributed by atoms with Crippen molar-refractivity contribution in [3.8, 4) is 0 Å². The van der Waals surface area contributed by atoms with E-state index in [2.05, 4.69) is 11.9 Å². The minimum absolute atomic E-state index is 0.163. The second-order valence-corrected chi connectivity index (χ2v) is 4.52. The highest BCUT2D eigenvalue weighted by atomic mass is 16.4. The molecule has 0 atom stereocenters. The first kappa shape index (κ1) is 11.6. The number of urea groups is 1. The fraction of sp³-hybridized carbons (Fsp3) is 0.545. The molecule has 1 saturated carbocycles. The molecule has 6 nitrogen and oxygen atoms in total. The highest BCUT2D eigenvalue weighted by molar-refractivity contribution is 6.08. The molecule has 92 valence electrons. The van der Waals surface area contributed by atoms with E-state index in [0.29, 0.717) is 12.8 Å². The molecular formula is C11H14N2O4. The smallest absolute Gasteiger partial charge is 0.332 e. The van der Waals surface area contributed by atoms with Crippen LogP contribution in [0.5, 0.6) is 0 Å². The molecule has 2 N–H and O–H groups in total. The Morgan fingerprint density at radius 3 is 2.53 bits per heavy atom. The lowest BCUT2D eigenvalue weighted by molar-refractivity contribution is -0.133. The zero-order valence-corrected chi connectivity index (χ0v) is 9.36. The Balaban J connectivity index is 2.14. The number of carboxylic acids is 1. The largest absolute Gasteiger partial charge is 0.478 e. The van der Waals surface area contributed by atoms with Gasteiger partial charge in [-0.3, -0.25) is 9.69 Å². The van der Waals surface area contributed by atoms with Crippen molar-refractivity contribution in [1.29, 1.82) is 0 Å². The van der Waals surface area contributed by atoms with Gasteiger partial charge in [0, 0.05) is 5.57 Å². The predicted octanol–water partition coefficient (Wildman–Crippen LogP) is 0.492. The van der Waals surface area contributed by atoms with E-state index in [9.17, 15) is 14.4 Å². The first-order valence-electron chi connectivity index (χ1n) is 5.51. The van der Waals surface area contributed by atoms with Gasteiger partial charge in [-0.15, -0.1) is 0 Å². The summed E-state index contributed by atoms with van der Waals surface area (Å²) in [5.41, 5.74) is -0.945. The van der Waals surface area contributed by atoms with Gasteiger partial charge in [-0.05, 0) is 12.8 Å². The van der Waals surface area contributed by atoms with Gasteiger partial charge in [-0.25, -0.2) is 9.59 Å². The van der Waals surface area contributed by atoms with Crippen molar-refractivity contribution in [1.82, 2.24) is 10.2 Å².